The first-order chi connectivity index (χ1) is 7.76. The highest BCUT2D eigenvalue weighted by Gasteiger charge is 2.34. The van der Waals surface area contributed by atoms with Crippen LogP contribution in [-0.4, -0.2) is 25.0 Å². The second kappa shape index (κ2) is 5.56. The number of nitrogens with zero attached hydrogens (tertiary/aromatic N) is 1. The Morgan fingerprint density at radius 2 is 1.94 bits per heavy atom. The van der Waals surface area contributed by atoms with Crippen molar-refractivity contribution in [3.05, 3.63) is 11.6 Å². The molecule has 0 saturated carbocycles. The van der Waals surface area contributed by atoms with Gasteiger partial charge in [0.25, 0.3) is 0 Å². The van der Waals surface area contributed by atoms with Crippen molar-refractivity contribution in [2.75, 3.05) is 14.1 Å². The van der Waals surface area contributed by atoms with E-state index in [2.05, 4.69) is 59.7 Å². The minimum absolute atomic E-state index is 0.432. The monoisotopic (exact) mass is 237 g/mol. The summed E-state index contributed by atoms with van der Waals surface area (Å²) in [7, 11) is 4.37. The highest BCUT2D eigenvalue weighted by Crippen LogP contribution is 2.45. The molecule has 1 aliphatic carbocycles. The SMILES string of the molecule is CC1=CCC(CCC(C)C(C)N(C)C)C1(C)C. The predicted molar refractivity (Wildman–Crippen MR) is 77.2 cm³/mol. The third-order valence-corrected chi connectivity index (χ3v) is 5.35. The van der Waals surface area contributed by atoms with Crippen molar-refractivity contribution in [2.24, 2.45) is 17.3 Å². The van der Waals surface area contributed by atoms with Crippen molar-refractivity contribution in [3.8, 4) is 0 Å². The molecule has 1 heteroatoms. The Hall–Kier alpha value is -0.300. The molecule has 0 radical (unpaired) electrons. The Morgan fingerprint density at radius 3 is 2.35 bits per heavy atom. The lowest BCUT2D eigenvalue weighted by Crippen LogP contribution is -2.31. The van der Waals surface area contributed by atoms with Crippen LogP contribution in [0.3, 0.4) is 0 Å². The Morgan fingerprint density at radius 1 is 1.35 bits per heavy atom. The third kappa shape index (κ3) is 3.34. The van der Waals surface area contributed by atoms with Crippen molar-refractivity contribution in [1.29, 1.82) is 0 Å². The van der Waals surface area contributed by atoms with Gasteiger partial charge in [0.1, 0.15) is 0 Å². The van der Waals surface area contributed by atoms with Crippen LogP contribution >= 0.6 is 0 Å². The Kier molecular flexibility index (Phi) is 4.83. The summed E-state index contributed by atoms with van der Waals surface area (Å²) in [6.45, 7) is 11.9. The van der Waals surface area contributed by atoms with Gasteiger partial charge in [-0.2, -0.15) is 0 Å². The van der Waals surface area contributed by atoms with E-state index in [1.165, 1.54) is 19.3 Å². The Labute approximate surface area is 108 Å². The normalized spacial score (nSPS) is 27.1. The maximum atomic E-state index is 2.45. The molecule has 0 amide bonds. The average Bonchev–Trinajstić information content (AvgIpc) is 2.50. The van der Waals surface area contributed by atoms with E-state index in [0.717, 1.165) is 11.8 Å². The first-order valence-electron chi connectivity index (χ1n) is 7.10. The molecule has 3 atom stereocenters. The van der Waals surface area contributed by atoms with Gasteiger partial charge in [-0.25, -0.2) is 0 Å². The molecule has 1 nitrogen and oxygen atoms in total. The zero-order chi connectivity index (χ0) is 13.2. The molecular weight excluding hydrogens is 206 g/mol. The molecule has 17 heavy (non-hydrogen) atoms. The second-order valence-electron chi connectivity index (χ2n) is 6.80. The average molecular weight is 237 g/mol. The van der Waals surface area contributed by atoms with Crippen molar-refractivity contribution in [1.82, 2.24) is 4.90 Å². The summed E-state index contributed by atoms with van der Waals surface area (Å²) in [5.74, 6) is 1.65. The van der Waals surface area contributed by atoms with Crippen LogP contribution in [0.5, 0.6) is 0 Å². The molecule has 0 aromatic carbocycles. The molecule has 0 heterocycles. The highest BCUT2D eigenvalue weighted by molar-refractivity contribution is 5.18. The van der Waals surface area contributed by atoms with Gasteiger partial charge in [0.2, 0.25) is 0 Å². The molecule has 1 rings (SSSR count). The topological polar surface area (TPSA) is 3.24 Å². The van der Waals surface area contributed by atoms with Crippen LogP contribution in [0.15, 0.2) is 11.6 Å². The summed E-state index contributed by atoms with van der Waals surface area (Å²) in [6.07, 6.45) is 6.47. The maximum absolute atomic E-state index is 2.45. The van der Waals surface area contributed by atoms with Crippen molar-refractivity contribution in [2.45, 2.75) is 59.9 Å². The largest absolute Gasteiger partial charge is 0.306 e. The van der Waals surface area contributed by atoms with Gasteiger partial charge < -0.3 is 4.90 Å². The maximum Gasteiger partial charge on any atom is 0.00864 e. The number of hydrogen-bond acceptors (Lipinski definition) is 1. The number of allylic oxidation sites excluding steroid dienone is 2. The van der Waals surface area contributed by atoms with Gasteiger partial charge >= 0.3 is 0 Å². The lowest BCUT2D eigenvalue weighted by atomic mass is 9.74. The minimum Gasteiger partial charge on any atom is -0.306 e. The molecule has 0 aromatic heterocycles. The first kappa shape index (κ1) is 14.8. The van der Waals surface area contributed by atoms with E-state index in [4.69, 9.17) is 0 Å². The Balaban J connectivity index is 2.43. The molecular formula is C16H31N. The van der Waals surface area contributed by atoms with Crippen LogP contribution in [0.2, 0.25) is 0 Å². The number of hydrogen-bond donors (Lipinski definition) is 0. The van der Waals surface area contributed by atoms with E-state index >= 15 is 0 Å². The lowest BCUT2D eigenvalue weighted by Gasteiger charge is -2.32. The molecule has 3 unspecified atom stereocenters. The fourth-order valence-electron chi connectivity index (χ4n) is 2.89. The fourth-order valence-corrected chi connectivity index (χ4v) is 2.89. The molecule has 0 spiro atoms. The Bertz CT molecular complexity index is 275. The van der Waals surface area contributed by atoms with Gasteiger partial charge in [-0.1, -0.05) is 32.4 Å². The van der Waals surface area contributed by atoms with Gasteiger partial charge in [0, 0.05) is 6.04 Å². The van der Waals surface area contributed by atoms with E-state index in [-0.39, 0.29) is 0 Å². The molecule has 0 N–H and O–H groups in total. The molecule has 100 valence electrons. The minimum atomic E-state index is 0.432. The quantitative estimate of drug-likeness (QED) is 0.643. The first-order valence-corrected chi connectivity index (χ1v) is 7.10. The summed E-state index contributed by atoms with van der Waals surface area (Å²) in [5, 5.41) is 0. The van der Waals surface area contributed by atoms with Gasteiger partial charge in [-0.3, -0.25) is 0 Å². The summed E-state index contributed by atoms with van der Waals surface area (Å²) < 4.78 is 0. The van der Waals surface area contributed by atoms with Gasteiger partial charge in [-0.05, 0) is 64.5 Å². The van der Waals surface area contributed by atoms with Crippen LogP contribution in [0.4, 0.5) is 0 Å². The molecule has 0 aromatic rings. The van der Waals surface area contributed by atoms with Gasteiger partial charge in [0.05, 0.1) is 0 Å². The van der Waals surface area contributed by atoms with E-state index in [0.29, 0.717) is 11.5 Å². The molecule has 0 saturated heterocycles. The standard InChI is InChI=1S/C16H31N/c1-12(14(3)17(6)7)8-10-15-11-9-13(2)16(15,4)5/h9,12,14-15H,8,10-11H2,1-7H3. The molecule has 0 bridgehead atoms. The molecule has 0 fully saturated rings. The van der Waals surface area contributed by atoms with Crippen LogP contribution in [0.1, 0.15) is 53.9 Å². The summed E-state index contributed by atoms with van der Waals surface area (Å²) in [6, 6.07) is 0.688. The van der Waals surface area contributed by atoms with Crippen LogP contribution in [-0.2, 0) is 0 Å². The van der Waals surface area contributed by atoms with Crippen LogP contribution < -0.4 is 0 Å². The van der Waals surface area contributed by atoms with Crippen molar-refractivity contribution >= 4 is 0 Å². The zero-order valence-corrected chi connectivity index (χ0v) is 12.9. The fraction of sp³-hybridized carbons (Fsp3) is 0.875. The van der Waals surface area contributed by atoms with Crippen molar-refractivity contribution < 1.29 is 0 Å². The van der Waals surface area contributed by atoms with E-state index in [1.54, 1.807) is 5.57 Å². The summed E-state index contributed by atoms with van der Waals surface area (Å²) in [4.78, 5) is 2.34. The second-order valence-corrected chi connectivity index (χ2v) is 6.80. The summed E-state index contributed by atoms with van der Waals surface area (Å²) in [5.41, 5.74) is 2.02. The van der Waals surface area contributed by atoms with Gasteiger partial charge in [0.15, 0.2) is 0 Å². The van der Waals surface area contributed by atoms with Gasteiger partial charge in [-0.15, -0.1) is 0 Å². The third-order valence-electron chi connectivity index (χ3n) is 5.35. The highest BCUT2D eigenvalue weighted by atomic mass is 15.1. The lowest BCUT2D eigenvalue weighted by molar-refractivity contribution is 0.199. The number of rotatable bonds is 5. The van der Waals surface area contributed by atoms with Crippen LogP contribution in [0.25, 0.3) is 0 Å². The van der Waals surface area contributed by atoms with Crippen molar-refractivity contribution in [3.63, 3.8) is 0 Å². The predicted octanol–water partition coefficient (Wildman–Crippen LogP) is 4.35. The summed E-state index contributed by atoms with van der Waals surface area (Å²) >= 11 is 0. The zero-order valence-electron chi connectivity index (χ0n) is 12.9. The smallest absolute Gasteiger partial charge is 0.00864 e. The van der Waals surface area contributed by atoms with E-state index in [9.17, 15) is 0 Å². The molecule has 0 aliphatic heterocycles. The van der Waals surface area contributed by atoms with E-state index in [1.807, 2.05) is 0 Å². The molecule has 1 aliphatic rings. The van der Waals surface area contributed by atoms with Crippen LogP contribution in [0, 0.1) is 17.3 Å². The van der Waals surface area contributed by atoms with E-state index < -0.39 is 0 Å².